The number of H-pyrrole nitrogens is 1. The largest absolute Gasteiger partial charge is 0.361 e. The molecule has 0 radical (unpaired) electrons. The molecule has 4 nitrogen and oxygen atoms in total. The number of nitrogens with one attached hydrogen (secondary N) is 2. The third kappa shape index (κ3) is 2.68. The molecule has 0 aliphatic rings. The van der Waals surface area contributed by atoms with Crippen LogP contribution in [0.2, 0.25) is 0 Å². The minimum Gasteiger partial charge on any atom is -0.361 e. The summed E-state index contributed by atoms with van der Waals surface area (Å²) in [7, 11) is 0. The summed E-state index contributed by atoms with van der Waals surface area (Å²) in [6, 6.07) is 10.3. The van der Waals surface area contributed by atoms with Gasteiger partial charge in [-0.15, -0.1) is 11.3 Å². The maximum Gasteiger partial charge on any atom is 0.183 e. The Bertz CT molecular complexity index is 918. The molecule has 0 saturated heterocycles. The fourth-order valence-electron chi connectivity index (χ4n) is 2.63. The Morgan fingerprint density at radius 2 is 2.09 bits per heavy atom. The van der Waals surface area contributed by atoms with E-state index < -0.39 is 0 Å². The Hall–Kier alpha value is -2.73. The van der Waals surface area contributed by atoms with Gasteiger partial charge in [0.25, 0.3) is 0 Å². The van der Waals surface area contributed by atoms with Crippen LogP contribution in [0.25, 0.3) is 10.9 Å². The van der Waals surface area contributed by atoms with Crippen molar-refractivity contribution < 1.29 is 4.39 Å². The summed E-state index contributed by atoms with van der Waals surface area (Å²) in [6.45, 7) is 0. The van der Waals surface area contributed by atoms with Gasteiger partial charge in [-0.3, -0.25) is 4.98 Å². The van der Waals surface area contributed by atoms with Gasteiger partial charge in [-0.05, 0) is 30.3 Å². The smallest absolute Gasteiger partial charge is 0.183 e. The molecular formula is C17H13FN4S. The topological polar surface area (TPSA) is 53.6 Å². The van der Waals surface area contributed by atoms with E-state index in [1.807, 2.05) is 29.8 Å². The summed E-state index contributed by atoms with van der Waals surface area (Å²) in [5, 5.41) is 6.94. The van der Waals surface area contributed by atoms with E-state index in [1.165, 1.54) is 17.4 Å². The van der Waals surface area contributed by atoms with E-state index in [9.17, 15) is 4.39 Å². The Balaban J connectivity index is 1.84. The van der Waals surface area contributed by atoms with Gasteiger partial charge in [0.15, 0.2) is 5.13 Å². The monoisotopic (exact) mass is 324 g/mol. The number of halogens is 1. The number of benzene rings is 1. The van der Waals surface area contributed by atoms with Crippen molar-refractivity contribution in [2.45, 2.75) is 6.04 Å². The molecule has 114 valence electrons. The van der Waals surface area contributed by atoms with Gasteiger partial charge in [-0.2, -0.15) is 0 Å². The molecule has 0 aliphatic carbocycles. The van der Waals surface area contributed by atoms with E-state index in [0.29, 0.717) is 0 Å². The molecule has 4 aromatic rings. The minimum atomic E-state index is -0.257. The van der Waals surface area contributed by atoms with Crippen molar-refractivity contribution in [1.82, 2.24) is 15.0 Å². The Morgan fingerprint density at radius 1 is 1.13 bits per heavy atom. The second-order valence-corrected chi connectivity index (χ2v) is 6.00. The van der Waals surface area contributed by atoms with Crippen molar-refractivity contribution in [3.05, 3.63) is 77.4 Å². The van der Waals surface area contributed by atoms with Gasteiger partial charge >= 0.3 is 0 Å². The number of pyridine rings is 1. The molecule has 0 fully saturated rings. The standard InChI is InChI=1S/C17H13FN4S/c18-11-4-5-14-12(9-11)13(10-21-14)16(15-3-1-2-6-19-15)22-17-20-7-8-23-17/h1-10,16,21H,(H,20,22). The first-order valence-electron chi connectivity index (χ1n) is 7.15. The lowest BCUT2D eigenvalue weighted by Crippen LogP contribution is -2.13. The van der Waals surface area contributed by atoms with Crippen molar-refractivity contribution in [3.63, 3.8) is 0 Å². The van der Waals surface area contributed by atoms with Crippen LogP contribution in [0, 0.1) is 5.82 Å². The molecule has 3 heterocycles. The van der Waals surface area contributed by atoms with Gasteiger partial charge in [-0.1, -0.05) is 6.07 Å². The molecule has 0 saturated carbocycles. The minimum absolute atomic E-state index is 0.210. The van der Waals surface area contributed by atoms with Crippen molar-refractivity contribution in [2.24, 2.45) is 0 Å². The van der Waals surface area contributed by atoms with Crippen LogP contribution < -0.4 is 5.32 Å². The third-order valence-corrected chi connectivity index (χ3v) is 4.37. The number of hydrogen-bond donors (Lipinski definition) is 2. The summed E-state index contributed by atoms with van der Waals surface area (Å²) in [5.41, 5.74) is 2.68. The second kappa shape index (κ2) is 5.81. The van der Waals surface area contributed by atoms with Crippen LogP contribution in [0.5, 0.6) is 0 Å². The molecule has 2 N–H and O–H groups in total. The van der Waals surface area contributed by atoms with E-state index in [2.05, 4.69) is 20.3 Å². The average molecular weight is 324 g/mol. The summed E-state index contributed by atoms with van der Waals surface area (Å²) in [5.74, 6) is -0.257. The number of fused-ring (bicyclic) bond motifs is 1. The predicted octanol–water partition coefficient (Wildman–Crippen LogP) is 4.36. The lowest BCUT2D eigenvalue weighted by molar-refractivity contribution is 0.629. The Labute approximate surface area is 136 Å². The highest BCUT2D eigenvalue weighted by Crippen LogP contribution is 2.31. The molecule has 0 amide bonds. The number of nitrogens with zero attached hydrogens (tertiary/aromatic N) is 2. The zero-order chi connectivity index (χ0) is 15.6. The molecule has 1 atom stereocenters. The number of anilines is 1. The van der Waals surface area contributed by atoms with Crippen LogP contribution in [0.4, 0.5) is 9.52 Å². The number of rotatable bonds is 4. The normalized spacial score (nSPS) is 12.4. The molecule has 0 aliphatic heterocycles. The van der Waals surface area contributed by atoms with Crippen LogP contribution >= 0.6 is 11.3 Å². The molecule has 1 unspecified atom stereocenters. The number of hydrogen-bond acceptors (Lipinski definition) is 4. The average Bonchev–Trinajstić information content (AvgIpc) is 3.22. The molecule has 0 bridgehead atoms. The molecule has 6 heteroatoms. The summed E-state index contributed by atoms with van der Waals surface area (Å²) in [4.78, 5) is 11.9. The Kier molecular flexibility index (Phi) is 3.51. The maximum absolute atomic E-state index is 13.7. The lowest BCUT2D eigenvalue weighted by atomic mass is 10.0. The van der Waals surface area contributed by atoms with Gasteiger partial charge in [0.1, 0.15) is 5.82 Å². The van der Waals surface area contributed by atoms with Crippen LogP contribution in [0.15, 0.2) is 60.4 Å². The van der Waals surface area contributed by atoms with E-state index in [0.717, 1.165) is 27.3 Å². The van der Waals surface area contributed by atoms with Gasteiger partial charge < -0.3 is 10.3 Å². The predicted molar refractivity (Wildman–Crippen MR) is 90.1 cm³/mol. The second-order valence-electron chi connectivity index (χ2n) is 5.10. The summed E-state index contributed by atoms with van der Waals surface area (Å²) in [6.07, 6.45) is 5.39. The van der Waals surface area contributed by atoms with Gasteiger partial charge in [0.05, 0.1) is 11.7 Å². The first kappa shape index (κ1) is 13.9. The first-order valence-corrected chi connectivity index (χ1v) is 8.03. The van der Waals surface area contributed by atoms with Gasteiger partial charge in [-0.25, -0.2) is 9.37 Å². The molecule has 1 aromatic carbocycles. The highest BCUT2D eigenvalue weighted by molar-refractivity contribution is 7.13. The van der Waals surface area contributed by atoms with Crippen LogP contribution in [-0.2, 0) is 0 Å². The molecule has 3 aromatic heterocycles. The van der Waals surface area contributed by atoms with Crippen molar-refractivity contribution in [3.8, 4) is 0 Å². The first-order chi connectivity index (χ1) is 11.3. The fraction of sp³-hybridized carbons (Fsp3) is 0.0588. The van der Waals surface area contributed by atoms with E-state index in [-0.39, 0.29) is 11.9 Å². The molecule has 0 spiro atoms. The van der Waals surface area contributed by atoms with Crippen LogP contribution in [0.3, 0.4) is 0 Å². The molecule has 23 heavy (non-hydrogen) atoms. The van der Waals surface area contributed by atoms with Crippen molar-refractivity contribution >= 4 is 27.4 Å². The van der Waals surface area contributed by atoms with E-state index >= 15 is 0 Å². The van der Waals surface area contributed by atoms with Gasteiger partial charge in [0, 0.05) is 40.4 Å². The molecule has 4 rings (SSSR count). The van der Waals surface area contributed by atoms with E-state index in [4.69, 9.17) is 0 Å². The summed E-state index contributed by atoms with van der Waals surface area (Å²) >= 11 is 1.52. The quantitative estimate of drug-likeness (QED) is 0.586. The van der Waals surface area contributed by atoms with Gasteiger partial charge in [0.2, 0.25) is 0 Å². The van der Waals surface area contributed by atoms with Crippen molar-refractivity contribution in [2.75, 3.05) is 5.32 Å². The maximum atomic E-state index is 13.7. The van der Waals surface area contributed by atoms with Crippen LogP contribution in [-0.4, -0.2) is 15.0 Å². The summed E-state index contributed by atoms with van der Waals surface area (Å²) < 4.78 is 13.7. The molecular weight excluding hydrogens is 311 g/mol. The fourth-order valence-corrected chi connectivity index (χ4v) is 3.19. The van der Waals surface area contributed by atoms with Crippen molar-refractivity contribution in [1.29, 1.82) is 0 Å². The Morgan fingerprint density at radius 3 is 2.87 bits per heavy atom. The number of aromatic nitrogens is 3. The number of aromatic amines is 1. The number of thiazole rings is 1. The van der Waals surface area contributed by atoms with E-state index in [1.54, 1.807) is 24.5 Å². The third-order valence-electron chi connectivity index (χ3n) is 3.67. The SMILES string of the molecule is Fc1ccc2[nH]cc(C(Nc3nccs3)c3ccccn3)c2c1. The highest BCUT2D eigenvalue weighted by Gasteiger charge is 2.20. The van der Waals surface area contributed by atoms with Crippen LogP contribution in [0.1, 0.15) is 17.3 Å². The highest BCUT2D eigenvalue weighted by atomic mass is 32.1. The zero-order valence-electron chi connectivity index (χ0n) is 12.0. The lowest BCUT2D eigenvalue weighted by Gasteiger charge is -2.17. The zero-order valence-corrected chi connectivity index (χ0v) is 12.8.